The van der Waals surface area contributed by atoms with E-state index < -0.39 is 124 Å². The van der Waals surface area contributed by atoms with E-state index in [-0.39, 0.29) is 18.9 Å². The highest BCUT2D eigenvalue weighted by atomic mass is 16.8. The summed E-state index contributed by atoms with van der Waals surface area (Å²) in [5, 5.41) is 121. The van der Waals surface area contributed by atoms with Crippen molar-refractivity contribution in [1.82, 2.24) is 5.32 Å². The van der Waals surface area contributed by atoms with Gasteiger partial charge in [-0.15, -0.1) is 0 Å². The lowest BCUT2D eigenvalue weighted by molar-refractivity contribution is -0.379. The minimum absolute atomic E-state index is 0.241. The predicted octanol–water partition coefficient (Wildman–Crippen LogP) is 12.2. The monoisotopic (exact) mass is 1360 g/mol. The van der Waals surface area contributed by atoms with Crippen LogP contribution < -0.4 is 5.32 Å². The zero-order valence-electron chi connectivity index (χ0n) is 59.7. The molecule has 12 N–H and O–H groups in total. The Morgan fingerprint density at radius 3 is 1.05 bits per heavy atom. The van der Waals surface area contributed by atoms with E-state index in [0.29, 0.717) is 12.8 Å². The van der Waals surface area contributed by atoms with Gasteiger partial charge in [0.2, 0.25) is 5.91 Å². The standard InChI is InChI=1S/C76H143NO18/c1-3-5-7-9-11-13-15-17-19-21-22-23-24-25-26-27-28-29-30-31-32-33-34-35-36-38-39-41-43-45-47-49-51-53-60(81)59(77-64(82)54-52-50-48-46-44-42-40-37-20-18-16-14-12-10-8-6-4-2)58-90-74-70(88)67(85)72(62(56-79)92-74)95-76-71(89)68(86)73(63(57-80)93-76)94-75-69(87)66(84)65(83)61(55-78)91-75/h43,45,51,53,59-63,65-76,78-81,83-89H,3-42,44,46-50,52,54-58H2,1-2H3,(H,77,82)/b45-43+,53-51+. The number of allylic oxidation sites excluding steroid dienone is 3. The molecular weight excluding hydrogens is 1210 g/mol. The van der Waals surface area contributed by atoms with Crippen molar-refractivity contribution in [2.75, 3.05) is 26.4 Å². The second kappa shape index (κ2) is 57.8. The fourth-order valence-corrected chi connectivity index (χ4v) is 13.4. The highest BCUT2D eigenvalue weighted by Crippen LogP contribution is 2.33. The molecular formula is C76H143NO18. The van der Waals surface area contributed by atoms with Crippen molar-refractivity contribution >= 4 is 5.91 Å². The molecule has 3 saturated heterocycles. The number of unbranched alkanes of at least 4 members (excludes halogenated alkanes) is 44. The van der Waals surface area contributed by atoms with Crippen molar-refractivity contribution < 1.29 is 89.4 Å². The normalized spacial score (nSPS) is 27.3. The Morgan fingerprint density at radius 2 is 0.674 bits per heavy atom. The molecule has 17 atom stereocenters. The second-order valence-electron chi connectivity index (χ2n) is 28.2. The number of ether oxygens (including phenoxy) is 6. The molecule has 0 aromatic rings. The summed E-state index contributed by atoms with van der Waals surface area (Å²) in [7, 11) is 0. The number of aliphatic hydroxyl groups is 11. The van der Waals surface area contributed by atoms with Gasteiger partial charge in [-0.1, -0.05) is 308 Å². The first kappa shape index (κ1) is 87.5. The second-order valence-corrected chi connectivity index (χ2v) is 28.2. The SMILES string of the molecule is CCCCCCCCCCCCCCCCCCCCCCCCCCCCC/C=C/CC/C=C/C(O)C(COC1OC(CO)C(OC2OC(CO)C(OC3OC(CO)C(O)C(O)C3O)C(O)C2O)C(O)C1O)NC(=O)CCCCCCCCCCCCCCCCCCC. The molecule has 3 aliphatic rings. The molecule has 17 unspecified atom stereocenters. The van der Waals surface area contributed by atoms with Gasteiger partial charge in [0, 0.05) is 6.42 Å². The van der Waals surface area contributed by atoms with Crippen LogP contribution in [0.3, 0.4) is 0 Å². The van der Waals surface area contributed by atoms with Crippen LogP contribution in [0.15, 0.2) is 24.3 Å². The predicted molar refractivity (Wildman–Crippen MR) is 374 cm³/mol. The molecule has 3 aliphatic heterocycles. The number of amides is 1. The lowest BCUT2D eigenvalue weighted by atomic mass is 9.96. The topological polar surface area (TPSA) is 307 Å². The molecule has 3 fully saturated rings. The van der Waals surface area contributed by atoms with Crippen molar-refractivity contribution in [3.63, 3.8) is 0 Å². The quantitative estimate of drug-likeness (QED) is 0.0199. The molecule has 19 heteroatoms. The van der Waals surface area contributed by atoms with Gasteiger partial charge in [-0.3, -0.25) is 4.79 Å². The third kappa shape index (κ3) is 38.8. The number of hydrogen-bond donors (Lipinski definition) is 12. The molecule has 0 aliphatic carbocycles. The van der Waals surface area contributed by atoms with E-state index in [1.165, 1.54) is 250 Å². The van der Waals surface area contributed by atoms with Crippen LogP contribution in [0.4, 0.5) is 0 Å². The van der Waals surface area contributed by atoms with Crippen molar-refractivity contribution in [2.45, 2.75) is 426 Å². The fourth-order valence-electron chi connectivity index (χ4n) is 13.4. The van der Waals surface area contributed by atoms with Gasteiger partial charge in [-0.05, 0) is 32.1 Å². The minimum atomic E-state index is -1.98. The third-order valence-electron chi connectivity index (χ3n) is 19.8. The van der Waals surface area contributed by atoms with Crippen LogP contribution in [0.2, 0.25) is 0 Å². The van der Waals surface area contributed by atoms with Crippen LogP contribution in [0.25, 0.3) is 0 Å². The lowest BCUT2D eigenvalue weighted by Gasteiger charge is -2.48. The van der Waals surface area contributed by atoms with Crippen LogP contribution in [-0.4, -0.2) is 193 Å². The van der Waals surface area contributed by atoms with E-state index in [9.17, 15) is 61.0 Å². The summed E-state index contributed by atoms with van der Waals surface area (Å²) in [6, 6.07) is -0.987. The van der Waals surface area contributed by atoms with Crippen molar-refractivity contribution in [3.05, 3.63) is 24.3 Å². The maximum Gasteiger partial charge on any atom is 0.220 e. The van der Waals surface area contributed by atoms with E-state index >= 15 is 0 Å². The summed E-state index contributed by atoms with van der Waals surface area (Å²) >= 11 is 0. The molecule has 0 saturated carbocycles. The van der Waals surface area contributed by atoms with Gasteiger partial charge in [0.25, 0.3) is 0 Å². The summed E-state index contributed by atoms with van der Waals surface area (Å²) in [6.07, 6.45) is 41.8. The molecule has 0 radical (unpaired) electrons. The van der Waals surface area contributed by atoms with Crippen LogP contribution in [0.1, 0.15) is 322 Å². The van der Waals surface area contributed by atoms with Crippen molar-refractivity contribution in [1.29, 1.82) is 0 Å². The van der Waals surface area contributed by atoms with E-state index in [4.69, 9.17) is 28.4 Å². The molecule has 1 amide bonds. The first-order valence-corrected chi connectivity index (χ1v) is 39.1. The Labute approximate surface area is 575 Å². The van der Waals surface area contributed by atoms with Crippen LogP contribution in [0, 0.1) is 0 Å². The van der Waals surface area contributed by atoms with E-state index in [1.54, 1.807) is 6.08 Å². The summed E-state index contributed by atoms with van der Waals surface area (Å²) < 4.78 is 34.4. The van der Waals surface area contributed by atoms with Gasteiger partial charge < -0.3 is 89.9 Å². The lowest BCUT2D eigenvalue weighted by Crippen LogP contribution is -2.66. The maximum atomic E-state index is 13.4. The molecule has 560 valence electrons. The van der Waals surface area contributed by atoms with E-state index in [2.05, 4.69) is 31.3 Å². The molecule has 0 spiro atoms. The van der Waals surface area contributed by atoms with E-state index in [0.717, 1.165) is 38.5 Å². The zero-order valence-corrected chi connectivity index (χ0v) is 59.7. The average Bonchev–Trinajstić information content (AvgIpc) is 0.787. The minimum Gasteiger partial charge on any atom is -0.394 e. The van der Waals surface area contributed by atoms with Crippen LogP contribution in [-0.2, 0) is 33.2 Å². The fraction of sp³-hybridized carbons (Fsp3) is 0.934. The molecule has 0 aromatic heterocycles. The number of nitrogens with one attached hydrogen (secondary N) is 1. The van der Waals surface area contributed by atoms with Gasteiger partial charge in [0.05, 0.1) is 38.6 Å². The summed E-state index contributed by atoms with van der Waals surface area (Å²) in [4.78, 5) is 13.4. The largest absolute Gasteiger partial charge is 0.394 e. The third-order valence-corrected chi connectivity index (χ3v) is 19.8. The maximum absolute atomic E-state index is 13.4. The van der Waals surface area contributed by atoms with E-state index in [1.807, 2.05) is 6.08 Å². The number of rotatable bonds is 62. The molecule has 0 bridgehead atoms. The Hall–Kier alpha value is -1.73. The smallest absolute Gasteiger partial charge is 0.220 e. The Bertz CT molecular complexity index is 1810. The van der Waals surface area contributed by atoms with Gasteiger partial charge >= 0.3 is 0 Å². The molecule has 95 heavy (non-hydrogen) atoms. The summed E-state index contributed by atoms with van der Waals surface area (Å²) in [5.41, 5.74) is 0. The first-order valence-electron chi connectivity index (χ1n) is 39.1. The van der Waals surface area contributed by atoms with Crippen LogP contribution >= 0.6 is 0 Å². The number of aliphatic hydroxyl groups excluding tert-OH is 11. The number of hydrogen-bond acceptors (Lipinski definition) is 18. The van der Waals surface area contributed by atoms with Gasteiger partial charge in [-0.2, -0.15) is 0 Å². The first-order chi connectivity index (χ1) is 46.3. The Morgan fingerprint density at radius 1 is 0.368 bits per heavy atom. The van der Waals surface area contributed by atoms with Crippen molar-refractivity contribution in [2.24, 2.45) is 0 Å². The molecule has 19 nitrogen and oxygen atoms in total. The van der Waals surface area contributed by atoms with Gasteiger partial charge in [-0.25, -0.2) is 0 Å². The Kier molecular flexibility index (Phi) is 53.3. The molecule has 3 heterocycles. The number of carbonyl (C=O) groups excluding carboxylic acids is 1. The summed E-state index contributed by atoms with van der Waals surface area (Å²) in [5.74, 6) is -0.279. The van der Waals surface area contributed by atoms with Gasteiger partial charge in [0.15, 0.2) is 18.9 Å². The van der Waals surface area contributed by atoms with Gasteiger partial charge in [0.1, 0.15) is 73.2 Å². The highest BCUT2D eigenvalue weighted by Gasteiger charge is 2.53. The number of carbonyl (C=O) groups is 1. The van der Waals surface area contributed by atoms with Crippen molar-refractivity contribution in [3.8, 4) is 0 Å². The highest BCUT2D eigenvalue weighted by molar-refractivity contribution is 5.76. The molecule has 3 rings (SSSR count). The van der Waals surface area contributed by atoms with Crippen LogP contribution in [0.5, 0.6) is 0 Å². The summed E-state index contributed by atoms with van der Waals surface area (Å²) in [6.45, 7) is 1.76. The Balaban J connectivity index is 1.37. The average molecular weight is 1360 g/mol. The molecule has 0 aromatic carbocycles. The zero-order chi connectivity index (χ0) is 68.9.